The van der Waals surface area contributed by atoms with E-state index < -0.39 is 35.4 Å². The van der Waals surface area contributed by atoms with E-state index in [9.17, 15) is 32.3 Å². The Morgan fingerprint density at radius 1 is 0.923 bits per heavy atom. The Morgan fingerprint density at radius 2 is 1.62 bits per heavy atom. The Balaban J connectivity index is 1.42. The quantitative estimate of drug-likeness (QED) is 0.309. The SMILES string of the molecule is COC(=O)c1cccc(N2C(=O)C(Cl)=C(Nc3ccc(CC(=O)Nc4cccc(C(F)(F)F)c4)cc3)C2=O)c1. The fourth-order valence-corrected chi connectivity index (χ4v) is 3.96. The molecule has 1 aliphatic rings. The maximum absolute atomic E-state index is 13.0. The molecule has 0 aromatic heterocycles. The minimum Gasteiger partial charge on any atom is -0.465 e. The zero-order valence-corrected chi connectivity index (χ0v) is 20.9. The van der Waals surface area contributed by atoms with E-state index in [-0.39, 0.29) is 34.1 Å². The highest BCUT2D eigenvalue weighted by molar-refractivity contribution is 6.53. The molecule has 0 bridgehead atoms. The fourth-order valence-electron chi connectivity index (χ4n) is 3.75. The minimum absolute atomic E-state index is 0.0146. The number of nitrogens with one attached hydrogen (secondary N) is 2. The highest BCUT2D eigenvalue weighted by Crippen LogP contribution is 2.32. The van der Waals surface area contributed by atoms with Crippen molar-refractivity contribution in [1.82, 2.24) is 0 Å². The van der Waals surface area contributed by atoms with Crippen molar-refractivity contribution in [3.8, 4) is 0 Å². The maximum atomic E-state index is 13.0. The molecule has 8 nitrogen and oxygen atoms in total. The first-order chi connectivity index (χ1) is 18.5. The lowest BCUT2D eigenvalue weighted by Crippen LogP contribution is -2.32. The summed E-state index contributed by atoms with van der Waals surface area (Å²) >= 11 is 6.15. The first kappa shape index (κ1) is 27.4. The number of rotatable bonds is 7. The third-order valence-corrected chi connectivity index (χ3v) is 5.97. The molecule has 3 aromatic rings. The normalized spacial score (nSPS) is 13.5. The molecule has 0 saturated heterocycles. The van der Waals surface area contributed by atoms with Crippen molar-refractivity contribution in [2.45, 2.75) is 12.6 Å². The van der Waals surface area contributed by atoms with Crippen molar-refractivity contribution in [2.75, 3.05) is 22.6 Å². The van der Waals surface area contributed by atoms with E-state index in [1.165, 1.54) is 43.5 Å². The van der Waals surface area contributed by atoms with Gasteiger partial charge >= 0.3 is 12.1 Å². The zero-order chi connectivity index (χ0) is 28.3. The van der Waals surface area contributed by atoms with Crippen LogP contribution in [0, 0.1) is 0 Å². The van der Waals surface area contributed by atoms with Crippen molar-refractivity contribution < 1.29 is 37.1 Å². The van der Waals surface area contributed by atoms with E-state index in [1.807, 2.05) is 0 Å². The van der Waals surface area contributed by atoms with Crippen molar-refractivity contribution in [3.05, 3.63) is 100 Å². The summed E-state index contributed by atoms with van der Waals surface area (Å²) in [6, 6.07) is 16.3. The van der Waals surface area contributed by atoms with Crippen LogP contribution in [-0.2, 0) is 31.7 Å². The van der Waals surface area contributed by atoms with E-state index in [4.69, 9.17) is 11.6 Å². The Kier molecular flexibility index (Phi) is 7.73. The first-order valence-corrected chi connectivity index (χ1v) is 11.7. The van der Waals surface area contributed by atoms with Gasteiger partial charge in [0.25, 0.3) is 11.8 Å². The molecule has 1 aliphatic heterocycles. The summed E-state index contributed by atoms with van der Waals surface area (Å²) in [6.45, 7) is 0. The predicted molar refractivity (Wildman–Crippen MR) is 137 cm³/mol. The molecule has 0 spiro atoms. The first-order valence-electron chi connectivity index (χ1n) is 11.3. The molecule has 0 atom stereocenters. The van der Waals surface area contributed by atoms with Crippen LogP contribution in [0.3, 0.4) is 0 Å². The number of amides is 3. The van der Waals surface area contributed by atoms with Gasteiger partial charge in [0.15, 0.2) is 0 Å². The second kappa shape index (κ2) is 11.0. The molecule has 1 heterocycles. The predicted octanol–water partition coefficient (Wildman–Crippen LogP) is 5.11. The summed E-state index contributed by atoms with van der Waals surface area (Å²) in [4.78, 5) is 50.7. The van der Waals surface area contributed by atoms with Crippen LogP contribution < -0.4 is 15.5 Å². The lowest BCUT2D eigenvalue weighted by atomic mass is 10.1. The average molecular weight is 558 g/mol. The maximum Gasteiger partial charge on any atom is 0.416 e. The zero-order valence-electron chi connectivity index (χ0n) is 20.1. The van der Waals surface area contributed by atoms with E-state index in [0.717, 1.165) is 17.0 Å². The molecule has 0 saturated carbocycles. The van der Waals surface area contributed by atoms with Crippen LogP contribution in [-0.4, -0.2) is 30.8 Å². The molecule has 0 radical (unpaired) electrons. The van der Waals surface area contributed by atoms with Gasteiger partial charge in [-0.2, -0.15) is 13.2 Å². The molecule has 4 rings (SSSR count). The highest BCUT2D eigenvalue weighted by Gasteiger charge is 2.39. The van der Waals surface area contributed by atoms with Crippen LogP contribution in [0.15, 0.2) is 83.5 Å². The summed E-state index contributed by atoms with van der Waals surface area (Å²) in [7, 11) is 1.20. The second-order valence-corrected chi connectivity index (χ2v) is 8.68. The summed E-state index contributed by atoms with van der Waals surface area (Å²) in [5.41, 5.74) is 0.154. The molecule has 2 N–H and O–H groups in total. The number of hydrogen-bond acceptors (Lipinski definition) is 6. The van der Waals surface area contributed by atoms with Crippen LogP contribution in [0.4, 0.5) is 30.2 Å². The molecule has 0 unspecified atom stereocenters. The number of ether oxygens (including phenoxy) is 1. The number of esters is 1. The van der Waals surface area contributed by atoms with Crippen LogP contribution in [0.25, 0.3) is 0 Å². The standard InChI is InChI=1S/C27H19ClF3N3O5/c1-39-26(38)16-4-2-7-20(13-16)34-24(36)22(28)23(25(34)37)33-18-10-8-15(9-11-18)12-21(35)32-19-6-3-5-17(14-19)27(29,30)31/h2-11,13-14,33H,12H2,1H3,(H,32,35). The molecule has 200 valence electrons. The Hall–Kier alpha value is -4.64. The summed E-state index contributed by atoms with van der Waals surface area (Å²) in [5, 5.41) is 4.87. The number of benzene rings is 3. The number of halogens is 4. The second-order valence-electron chi connectivity index (χ2n) is 8.30. The van der Waals surface area contributed by atoms with Gasteiger partial charge in [-0.15, -0.1) is 0 Å². The van der Waals surface area contributed by atoms with E-state index in [2.05, 4.69) is 15.4 Å². The van der Waals surface area contributed by atoms with Crippen molar-refractivity contribution in [2.24, 2.45) is 0 Å². The van der Waals surface area contributed by atoms with Crippen molar-refractivity contribution in [3.63, 3.8) is 0 Å². The van der Waals surface area contributed by atoms with Gasteiger partial charge in [0.05, 0.1) is 30.3 Å². The van der Waals surface area contributed by atoms with Gasteiger partial charge in [0, 0.05) is 11.4 Å². The van der Waals surface area contributed by atoms with Crippen LogP contribution in [0.1, 0.15) is 21.5 Å². The lowest BCUT2D eigenvalue weighted by Gasteiger charge is -2.16. The number of alkyl halides is 3. The topological polar surface area (TPSA) is 105 Å². The molecule has 0 aliphatic carbocycles. The number of methoxy groups -OCH3 is 1. The Labute approximate surface area is 225 Å². The Morgan fingerprint density at radius 3 is 2.28 bits per heavy atom. The Bertz CT molecular complexity index is 1500. The van der Waals surface area contributed by atoms with E-state index in [0.29, 0.717) is 11.3 Å². The average Bonchev–Trinajstić information content (AvgIpc) is 3.11. The fraction of sp³-hybridized carbons (Fsp3) is 0.111. The summed E-state index contributed by atoms with van der Waals surface area (Å²) < 4.78 is 43.3. The molecule has 3 amide bonds. The van der Waals surface area contributed by atoms with Crippen LogP contribution in [0.5, 0.6) is 0 Å². The molecule has 12 heteroatoms. The monoisotopic (exact) mass is 557 g/mol. The van der Waals surface area contributed by atoms with Crippen molar-refractivity contribution in [1.29, 1.82) is 0 Å². The van der Waals surface area contributed by atoms with Crippen molar-refractivity contribution >= 4 is 52.4 Å². The number of carbonyl (C=O) groups is 4. The number of carbonyl (C=O) groups excluding carboxylic acids is 4. The van der Waals surface area contributed by atoms with E-state index >= 15 is 0 Å². The highest BCUT2D eigenvalue weighted by atomic mass is 35.5. The summed E-state index contributed by atoms with van der Waals surface area (Å²) in [5.74, 6) is -2.69. The third-order valence-electron chi connectivity index (χ3n) is 5.61. The van der Waals surface area contributed by atoms with Gasteiger partial charge in [-0.1, -0.05) is 35.9 Å². The molecule has 39 heavy (non-hydrogen) atoms. The number of hydrogen-bond donors (Lipinski definition) is 2. The molecule has 3 aromatic carbocycles. The largest absolute Gasteiger partial charge is 0.465 e. The van der Waals surface area contributed by atoms with Gasteiger partial charge in [-0.05, 0) is 54.1 Å². The summed E-state index contributed by atoms with van der Waals surface area (Å²) in [6.07, 6.45) is -4.65. The lowest BCUT2D eigenvalue weighted by molar-refractivity contribution is -0.137. The van der Waals surface area contributed by atoms with Gasteiger partial charge < -0.3 is 15.4 Å². The smallest absolute Gasteiger partial charge is 0.416 e. The van der Waals surface area contributed by atoms with Gasteiger partial charge in [0.2, 0.25) is 5.91 Å². The van der Waals surface area contributed by atoms with E-state index in [1.54, 1.807) is 24.3 Å². The van der Waals surface area contributed by atoms with Crippen LogP contribution >= 0.6 is 11.6 Å². The number of anilines is 3. The molecular formula is C27H19ClF3N3O5. The number of imide groups is 1. The van der Waals surface area contributed by atoms with Crippen LogP contribution in [0.2, 0.25) is 0 Å². The molecular weight excluding hydrogens is 539 g/mol. The minimum atomic E-state index is -4.53. The van der Waals surface area contributed by atoms with Gasteiger partial charge in [-0.3, -0.25) is 14.4 Å². The third kappa shape index (κ3) is 6.10. The van der Waals surface area contributed by atoms with Gasteiger partial charge in [0.1, 0.15) is 10.7 Å². The number of nitrogens with zero attached hydrogens (tertiary/aromatic N) is 1. The molecule has 0 fully saturated rings. The van der Waals surface area contributed by atoms with Gasteiger partial charge in [-0.25, -0.2) is 9.69 Å².